The Morgan fingerprint density at radius 1 is 0.690 bits per heavy atom. The molecule has 0 fully saturated rings. The molecule has 0 aliphatic heterocycles. The van der Waals surface area contributed by atoms with Crippen molar-refractivity contribution in [2.24, 2.45) is 45.8 Å². The zero-order valence-corrected chi connectivity index (χ0v) is 22.0. The first-order valence-electron chi connectivity index (χ1n) is 12.0. The van der Waals surface area contributed by atoms with E-state index in [-0.39, 0.29) is 22.7 Å². The molecule has 1 N–H and O–H groups in total. The Morgan fingerprint density at radius 2 is 1.10 bits per heavy atom. The van der Waals surface area contributed by atoms with E-state index in [1.54, 1.807) is 0 Å². The van der Waals surface area contributed by atoms with Crippen molar-refractivity contribution in [3.8, 4) is 0 Å². The number of carboxylic acid groups (broad SMARTS) is 1. The molecule has 0 aromatic heterocycles. The number of rotatable bonds is 11. The minimum atomic E-state index is -0.600. The Hall–Kier alpha value is -0.530. The first kappa shape index (κ1) is 28.5. The molecule has 5 unspecified atom stereocenters. The van der Waals surface area contributed by atoms with Crippen molar-refractivity contribution >= 4 is 5.97 Å². The van der Waals surface area contributed by atoms with Crippen LogP contribution in [0, 0.1) is 45.8 Å². The van der Waals surface area contributed by atoms with Gasteiger partial charge in [-0.1, -0.05) is 89.5 Å². The van der Waals surface area contributed by atoms with Crippen LogP contribution in [-0.4, -0.2) is 11.1 Å². The molecule has 0 aliphatic rings. The van der Waals surface area contributed by atoms with Gasteiger partial charge in [-0.15, -0.1) is 0 Å². The fourth-order valence-electron chi connectivity index (χ4n) is 5.42. The van der Waals surface area contributed by atoms with Gasteiger partial charge in [0.1, 0.15) is 0 Å². The van der Waals surface area contributed by atoms with Gasteiger partial charge in [0.15, 0.2) is 0 Å². The monoisotopic (exact) mass is 410 g/mol. The lowest BCUT2D eigenvalue weighted by molar-refractivity contribution is -0.144. The summed E-state index contributed by atoms with van der Waals surface area (Å²) in [6.07, 6.45) is 6.54. The number of hydrogen-bond acceptors (Lipinski definition) is 1. The molecule has 0 aliphatic carbocycles. The maximum atomic E-state index is 12.2. The van der Waals surface area contributed by atoms with E-state index in [9.17, 15) is 9.90 Å². The van der Waals surface area contributed by atoms with Crippen molar-refractivity contribution in [1.82, 2.24) is 0 Å². The zero-order valence-electron chi connectivity index (χ0n) is 22.0. The average Bonchev–Trinajstić information content (AvgIpc) is 2.40. The van der Waals surface area contributed by atoms with Crippen LogP contribution in [0.25, 0.3) is 0 Å². The van der Waals surface area contributed by atoms with Crippen LogP contribution in [0.3, 0.4) is 0 Å². The third-order valence-corrected chi connectivity index (χ3v) is 6.23. The van der Waals surface area contributed by atoms with Crippen LogP contribution < -0.4 is 0 Å². The Bertz CT molecular complexity index is 472. The van der Waals surface area contributed by atoms with Gasteiger partial charge in [-0.25, -0.2) is 0 Å². The second-order valence-corrected chi connectivity index (χ2v) is 13.9. The van der Waals surface area contributed by atoms with E-state index < -0.39 is 5.97 Å². The highest BCUT2D eigenvalue weighted by Crippen LogP contribution is 2.39. The van der Waals surface area contributed by atoms with Crippen LogP contribution in [0.2, 0.25) is 0 Å². The first-order chi connectivity index (χ1) is 12.8. The van der Waals surface area contributed by atoms with Gasteiger partial charge in [-0.2, -0.15) is 0 Å². The molecule has 0 rings (SSSR count). The first-order valence-corrected chi connectivity index (χ1v) is 12.0. The van der Waals surface area contributed by atoms with Crippen LogP contribution in [0.1, 0.15) is 122 Å². The second-order valence-electron chi connectivity index (χ2n) is 13.9. The fraction of sp³-hybridized carbons (Fsp3) is 0.963. The highest BCUT2D eigenvalue weighted by Gasteiger charge is 2.33. The quantitative estimate of drug-likeness (QED) is 0.370. The van der Waals surface area contributed by atoms with E-state index in [1.165, 1.54) is 12.8 Å². The lowest BCUT2D eigenvalue weighted by Gasteiger charge is -2.35. The molecule has 174 valence electrons. The number of aliphatic carboxylic acids is 1. The van der Waals surface area contributed by atoms with E-state index in [1.807, 2.05) is 0 Å². The molecule has 5 atom stereocenters. The predicted octanol–water partition coefficient (Wildman–Crippen LogP) is 8.69. The summed E-state index contributed by atoms with van der Waals surface area (Å²) in [6.45, 7) is 27.4. The Balaban J connectivity index is 5.35. The molecule has 0 bridgehead atoms. The SMILES string of the molecule is CC(CCC(CC(C(=O)O)C(C)CC(C)(C)C)C(C)CC(C)(C)C)CC(C)(C)C. The van der Waals surface area contributed by atoms with Crippen molar-refractivity contribution in [3.05, 3.63) is 0 Å². The van der Waals surface area contributed by atoms with E-state index in [0.29, 0.717) is 23.2 Å². The van der Waals surface area contributed by atoms with Gasteiger partial charge in [0.2, 0.25) is 0 Å². The molecule has 0 aromatic rings. The van der Waals surface area contributed by atoms with E-state index in [4.69, 9.17) is 0 Å². The number of carbonyl (C=O) groups is 1. The summed E-state index contributed by atoms with van der Waals surface area (Å²) in [5, 5.41) is 10.0. The molecule has 0 amide bonds. The van der Waals surface area contributed by atoms with E-state index in [2.05, 4.69) is 83.1 Å². The van der Waals surface area contributed by atoms with Crippen molar-refractivity contribution < 1.29 is 9.90 Å². The van der Waals surface area contributed by atoms with Gasteiger partial charge in [-0.3, -0.25) is 4.79 Å². The highest BCUT2D eigenvalue weighted by molar-refractivity contribution is 5.70. The smallest absolute Gasteiger partial charge is 0.306 e. The summed E-state index contributed by atoms with van der Waals surface area (Å²) in [5.41, 5.74) is 0.808. The van der Waals surface area contributed by atoms with Crippen molar-refractivity contribution in [2.75, 3.05) is 0 Å². The molecular weight excluding hydrogens is 356 g/mol. The normalized spacial score (nSPS) is 18.8. The summed E-state index contributed by atoms with van der Waals surface area (Å²) in [4.78, 5) is 12.2. The van der Waals surface area contributed by atoms with Crippen LogP contribution >= 0.6 is 0 Å². The van der Waals surface area contributed by atoms with Gasteiger partial charge >= 0.3 is 5.97 Å². The Kier molecular flexibility index (Phi) is 11.0. The van der Waals surface area contributed by atoms with Gasteiger partial charge < -0.3 is 5.11 Å². The minimum absolute atomic E-state index is 0.168. The molecule has 0 radical (unpaired) electrons. The van der Waals surface area contributed by atoms with Crippen molar-refractivity contribution in [1.29, 1.82) is 0 Å². The summed E-state index contributed by atoms with van der Waals surface area (Å²) in [6, 6.07) is 0. The third-order valence-electron chi connectivity index (χ3n) is 6.23. The van der Waals surface area contributed by atoms with Gasteiger partial charge in [-0.05, 0) is 72.0 Å². The predicted molar refractivity (Wildman–Crippen MR) is 128 cm³/mol. The standard InChI is InChI=1S/C27H54O2/c1-19(16-25(4,5)6)13-14-22(20(2)17-26(7,8)9)15-23(24(28)29)21(3)18-27(10,11)12/h19-23H,13-18H2,1-12H3,(H,28,29). The summed E-state index contributed by atoms with van der Waals surface area (Å²) in [7, 11) is 0. The zero-order chi connectivity index (χ0) is 23.2. The Morgan fingerprint density at radius 3 is 1.48 bits per heavy atom. The van der Waals surface area contributed by atoms with Gasteiger partial charge in [0.05, 0.1) is 5.92 Å². The topological polar surface area (TPSA) is 37.3 Å². The average molecular weight is 411 g/mol. The summed E-state index contributed by atoms with van der Waals surface area (Å²) in [5.74, 6) is 1.11. The molecule has 0 spiro atoms. The lowest BCUT2D eigenvalue weighted by Crippen LogP contribution is -2.30. The number of hydrogen-bond donors (Lipinski definition) is 1. The largest absolute Gasteiger partial charge is 0.481 e. The minimum Gasteiger partial charge on any atom is -0.481 e. The highest BCUT2D eigenvalue weighted by atomic mass is 16.4. The van der Waals surface area contributed by atoms with Crippen molar-refractivity contribution in [3.63, 3.8) is 0 Å². The van der Waals surface area contributed by atoms with Crippen molar-refractivity contribution in [2.45, 2.75) is 122 Å². The van der Waals surface area contributed by atoms with E-state index in [0.717, 1.165) is 25.7 Å². The molecular formula is C27H54O2. The molecule has 0 aromatic carbocycles. The molecule has 0 heterocycles. The van der Waals surface area contributed by atoms with E-state index >= 15 is 0 Å². The molecule has 0 saturated carbocycles. The lowest BCUT2D eigenvalue weighted by atomic mass is 9.70. The van der Waals surface area contributed by atoms with Crippen LogP contribution in [0.4, 0.5) is 0 Å². The van der Waals surface area contributed by atoms with Gasteiger partial charge in [0, 0.05) is 0 Å². The van der Waals surface area contributed by atoms with Crippen LogP contribution in [0.15, 0.2) is 0 Å². The maximum Gasteiger partial charge on any atom is 0.306 e. The van der Waals surface area contributed by atoms with Crippen LogP contribution in [-0.2, 0) is 4.79 Å². The molecule has 0 saturated heterocycles. The maximum absolute atomic E-state index is 12.2. The summed E-state index contributed by atoms with van der Waals surface area (Å²) >= 11 is 0. The number of carboxylic acids is 1. The molecule has 2 heteroatoms. The second kappa shape index (κ2) is 11.2. The fourth-order valence-corrected chi connectivity index (χ4v) is 5.42. The van der Waals surface area contributed by atoms with Gasteiger partial charge in [0.25, 0.3) is 0 Å². The molecule has 2 nitrogen and oxygen atoms in total. The van der Waals surface area contributed by atoms with Crippen LogP contribution in [0.5, 0.6) is 0 Å². The third kappa shape index (κ3) is 14.2. The summed E-state index contributed by atoms with van der Waals surface area (Å²) < 4.78 is 0. The molecule has 29 heavy (non-hydrogen) atoms. The Labute approximate surface area is 183 Å².